The molecule has 1 amide bonds. The fourth-order valence-corrected chi connectivity index (χ4v) is 3.58. The monoisotopic (exact) mass is 466 g/mol. The summed E-state index contributed by atoms with van der Waals surface area (Å²) >= 11 is 5.88. The van der Waals surface area contributed by atoms with Gasteiger partial charge in [-0.1, -0.05) is 23.7 Å². The summed E-state index contributed by atoms with van der Waals surface area (Å²) in [5.74, 6) is -1.92. The van der Waals surface area contributed by atoms with E-state index in [0.717, 1.165) is 10.1 Å². The van der Waals surface area contributed by atoms with E-state index in [1.807, 2.05) is 0 Å². The highest BCUT2D eigenvalue weighted by atomic mass is 35.5. The second-order valence-corrected chi connectivity index (χ2v) is 7.81. The molecule has 10 nitrogen and oxygen atoms in total. The molecule has 0 saturated heterocycles. The topological polar surface area (TPSA) is 145 Å². The predicted molar refractivity (Wildman–Crippen MR) is 123 cm³/mol. The minimum atomic E-state index is -1.26. The number of carboxylic acids is 1. The summed E-state index contributed by atoms with van der Waals surface area (Å²) in [6, 6.07) is 8.20. The largest absolute Gasteiger partial charge is 0.480 e. The molecule has 0 aliphatic rings. The zero-order valence-electron chi connectivity index (χ0n) is 17.4. The smallest absolute Gasteiger partial charge is 0.323 e. The van der Waals surface area contributed by atoms with Crippen LogP contribution in [0, 0.1) is 0 Å². The lowest BCUT2D eigenvalue weighted by Crippen LogP contribution is -2.34. The van der Waals surface area contributed by atoms with Gasteiger partial charge in [0.1, 0.15) is 17.8 Å². The third-order valence-corrected chi connectivity index (χ3v) is 5.33. The quantitative estimate of drug-likeness (QED) is 0.394. The van der Waals surface area contributed by atoms with Crippen molar-refractivity contribution in [3.8, 4) is 11.1 Å². The first-order valence-electron chi connectivity index (χ1n) is 9.80. The van der Waals surface area contributed by atoms with Gasteiger partial charge in [-0.2, -0.15) is 5.10 Å². The first-order valence-corrected chi connectivity index (χ1v) is 10.2. The Kier molecular flexibility index (Phi) is 5.84. The van der Waals surface area contributed by atoms with E-state index in [1.165, 1.54) is 12.3 Å². The first kappa shape index (κ1) is 22.0. The summed E-state index contributed by atoms with van der Waals surface area (Å²) in [5.41, 5.74) is 7.69. The van der Waals surface area contributed by atoms with Gasteiger partial charge in [0, 0.05) is 47.5 Å². The summed E-state index contributed by atoms with van der Waals surface area (Å²) in [5, 5.41) is 17.0. The van der Waals surface area contributed by atoms with Gasteiger partial charge in [-0.3, -0.25) is 23.6 Å². The van der Waals surface area contributed by atoms with Gasteiger partial charge in [0.05, 0.1) is 11.9 Å². The number of carbonyl (C=O) groups excluding carboxylic acids is 1. The van der Waals surface area contributed by atoms with Gasteiger partial charge < -0.3 is 16.2 Å². The lowest BCUT2D eigenvalue weighted by molar-refractivity contribution is -0.137. The number of nitrogen functional groups attached to an aromatic ring is 1. The highest BCUT2D eigenvalue weighted by Crippen LogP contribution is 2.30. The minimum Gasteiger partial charge on any atom is -0.480 e. The molecular weight excluding hydrogens is 448 g/mol. The second kappa shape index (κ2) is 8.75. The summed E-state index contributed by atoms with van der Waals surface area (Å²) < 4.78 is 2.53. The van der Waals surface area contributed by atoms with Crippen LogP contribution in [0.1, 0.15) is 15.9 Å². The van der Waals surface area contributed by atoms with E-state index in [4.69, 9.17) is 17.3 Å². The van der Waals surface area contributed by atoms with Crippen LogP contribution in [-0.4, -0.2) is 36.3 Å². The Hall–Kier alpha value is -4.18. The van der Waals surface area contributed by atoms with Crippen LogP contribution in [0.3, 0.4) is 0 Å². The van der Waals surface area contributed by atoms with E-state index < -0.39 is 24.0 Å². The Labute approximate surface area is 192 Å². The van der Waals surface area contributed by atoms with Crippen LogP contribution in [0.4, 0.5) is 5.69 Å². The van der Waals surface area contributed by atoms with Crippen LogP contribution in [-0.2, 0) is 24.9 Å². The van der Waals surface area contributed by atoms with Crippen LogP contribution in [0.15, 0.2) is 53.7 Å². The summed E-state index contributed by atoms with van der Waals surface area (Å²) in [6.45, 7) is -0.526. The van der Waals surface area contributed by atoms with E-state index in [-0.39, 0.29) is 28.8 Å². The number of aromatic nitrogens is 4. The first-order chi connectivity index (χ1) is 15.7. The number of fused-ring (bicyclic) bond motifs is 1. The van der Waals surface area contributed by atoms with Gasteiger partial charge in [-0.05, 0) is 23.8 Å². The lowest BCUT2D eigenvalue weighted by atomic mass is 10.1. The molecule has 0 unspecified atom stereocenters. The summed E-state index contributed by atoms with van der Waals surface area (Å²) in [7, 11) is 1.75. The number of hydrogen-bond acceptors (Lipinski definition) is 6. The van der Waals surface area contributed by atoms with Gasteiger partial charge in [0.25, 0.3) is 11.5 Å². The van der Waals surface area contributed by atoms with Crippen LogP contribution in [0.2, 0.25) is 5.02 Å². The van der Waals surface area contributed by atoms with Crippen molar-refractivity contribution in [1.29, 1.82) is 0 Å². The van der Waals surface area contributed by atoms with Crippen LogP contribution >= 0.6 is 11.6 Å². The molecule has 4 N–H and O–H groups in total. The van der Waals surface area contributed by atoms with Crippen molar-refractivity contribution in [2.45, 2.75) is 13.1 Å². The molecule has 0 aliphatic heterocycles. The predicted octanol–water partition coefficient (Wildman–Crippen LogP) is 2.05. The Balaban J connectivity index is 1.80. The maximum Gasteiger partial charge on any atom is 0.323 e. The number of hydrogen-bond donors (Lipinski definition) is 3. The maximum absolute atomic E-state index is 13.0. The molecule has 4 rings (SSSR count). The number of anilines is 1. The van der Waals surface area contributed by atoms with Crippen molar-refractivity contribution in [3.05, 3.63) is 75.4 Å². The summed E-state index contributed by atoms with van der Waals surface area (Å²) in [6.07, 6.45) is 4.80. The molecule has 168 valence electrons. The average molecular weight is 467 g/mol. The number of nitrogens with two attached hydrogens (primary N) is 1. The number of aliphatic carboxylic acids is 1. The Bertz CT molecular complexity index is 1440. The Morgan fingerprint density at radius 3 is 2.58 bits per heavy atom. The van der Waals surface area contributed by atoms with Gasteiger partial charge in [0.2, 0.25) is 0 Å². The number of nitrogens with zero attached hydrogens (tertiary/aromatic N) is 4. The molecule has 0 atom stereocenters. The van der Waals surface area contributed by atoms with Crippen molar-refractivity contribution in [2.24, 2.45) is 7.05 Å². The van der Waals surface area contributed by atoms with Crippen LogP contribution < -0.4 is 16.6 Å². The Morgan fingerprint density at radius 2 is 1.94 bits per heavy atom. The van der Waals surface area contributed by atoms with E-state index in [0.29, 0.717) is 16.1 Å². The number of pyridine rings is 2. The molecule has 0 fully saturated rings. The van der Waals surface area contributed by atoms with E-state index in [9.17, 15) is 19.5 Å². The standard InChI is InChI=1S/C22H19ClN6O4/c1-28-10-13(8-27-28)17-9-25-20-15(19(17)24)6-16(22(33)29(20)11-18(30)31)21(32)26-7-12-2-4-14(23)5-3-12/h2-6,8-10H,7,11H2,1H3,(H2,24,25)(H,26,32)(H,30,31). The molecular formula is C22H19ClN6O4. The second-order valence-electron chi connectivity index (χ2n) is 7.38. The van der Waals surface area contributed by atoms with E-state index >= 15 is 0 Å². The number of halogens is 1. The highest BCUT2D eigenvalue weighted by Gasteiger charge is 2.21. The molecule has 33 heavy (non-hydrogen) atoms. The van der Waals surface area contributed by atoms with E-state index in [1.54, 1.807) is 48.4 Å². The molecule has 0 saturated carbocycles. The molecule has 0 aliphatic carbocycles. The molecule has 0 spiro atoms. The number of rotatable bonds is 6. The zero-order valence-corrected chi connectivity index (χ0v) is 18.2. The van der Waals surface area contributed by atoms with Crippen LogP contribution in [0.5, 0.6) is 0 Å². The third kappa shape index (κ3) is 4.41. The van der Waals surface area contributed by atoms with Crippen molar-refractivity contribution < 1.29 is 14.7 Å². The zero-order chi connectivity index (χ0) is 23.7. The van der Waals surface area contributed by atoms with Crippen molar-refractivity contribution in [2.75, 3.05) is 5.73 Å². The summed E-state index contributed by atoms with van der Waals surface area (Å²) in [4.78, 5) is 41.6. The number of amides is 1. The maximum atomic E-state index is 13.0. The van der Waals surface area contributed by atoms with Gasteiger partial charge >= 0.3 is 5.97 Å². The molecule has 11 heteroatoms. The van der Waals surface area contributed by atoms with Crippen molar-refractivity contribution in [1.82, 2.24) is 24.6 Å². The average Bonchev–Trinajstić information content (AvgIpc) is 3.21. The molecule has 3 heterocycles. The lowest BCUT2D eigenvalue weighted by Gasteiger charge is -2.14. The van der Waals surface area contributed by atoms with Crippen LogP contribution in [0.25, 0.3) is 22.2 Å². The minimum absolute atomic E-state index is 0.0711. The third-order valence-electron chi connectivity index (χ3n) is 5.08. The number of nitrogens with one attached hydrogen (secondary N) is 1. The van der Waals surface area contributed by atoms with Crippen molar-refractivity contribution in [3.63, 3.8) is 0 Å². The normalized spacial score (nSPS) is 11.0. The number of carboxylic acid groups (broad SMARTS) is 1. The highest BCUT2D eigenvalue weighted by molar-refractivity contribution is 6.30. The molecule has 1 aromatic carbocycles. The molecule has 0 radical (unpaired) electrons. The number of aryl methyl sites for hydroxylation is 1. The number of benzene rings is 1. The molecule has 4 aromatic rings. The molecule has 0 bridgehead atoms. The van der Waals surface area contributed by atoms with E-state index in [2.05, 4.69) is 15.4 Å². The number of carbonyl (C=O) groups is 2. The van der Waals surface area contributed by atoms with Gasteiger partial charge in [-0.15, -0.1) is 0 Å². The fraction of sp³-hybridized carbons (Fsp3) is 0.136. The van der Waals surface area contributed by atoms with Gasteiger partial charge in [-0.25, -0.2) is 4.98 Å². The van der Waals surface area contributed by atoms with Gasteiger partial charge in [0.15, 0.2) is 0 Å². The fourth-order valence-electron chi connectivity index (χ4n) is 3.45. The Morgan fingerprint density at radius 1 is 1.21 bits per heavy atom. The molecule has 3 aromatic heterocycles. The van der Waals surface area contributed by atoms with Crippen molar-refractivity contribution >= 4 is 40.2 Å². The SMILES string of the molecule is Cn1cc(-c2cnc3c(cc(C(=O)NCc4ccc(Cl)cc4)c(=O)n3CC(=O)O)c2N)cn1.